The van der Waals surface area contributed by atoms with Crippen molar-refractivity contribution in [3.63, 3.8) is 0 Å². The Morgan fingerprint density at radius 1 is 0.837 bits per heavy atom. The highest BCUT2D eigenvalue weighted by Gasteiger charge is 2.45. The zero-order valence-corrected chi connectivity index (χ0v) is 22.1. The number of aliphatic hydroxyl groups excluding tert-OH is 3. The molecule has 1 saturated heterocycles. The molecule has 4 aromatic rings. The van der Waals surface area contributed by atoms with Crippen molar-refractivity contribution < 1.29 is 59.2 Å². The maximum atomic E-state index is 12.7. The Kier molecular flexibility index (Phi) is 8.23. The van der Waals surface area contributed by atoms with Crippen LogP contribution in [0.3, 0.4) is 0 Å². The van der Waals surface area contributed by atoms with Gasteiger partial charge in [-0.1, -0.05) is 12.1 Å². The number of aliphatic hydroxyl groups is 3. The van der Waals surface area contributed by atoms with E-state index in [1.165, 1.54) is 42.5 Å². The van der Waals surface area contributed by atoms with Gasteiger partial charge >= 0.3 is 5.97 Å². The lowest BCUT2D eigenvalue weighted by molar-refractivity contribution is -0.278. The third kappa shape index (κ3) is 6.39. The Bertz CT molecular complexity index is 1730. The summed E-state index contributed by atoms with van der Waals surface area (Å²) in [5.74, 6) is -2.25. The summed E-state index contributed by atoms with van der Waals surface area (Å²) in [7, 11) is 0. The Labute approximate surface area is 242 Å². The molecule has 7 N–H and O–H groups in total. The van der Waals surface area contributed by atoms with Gasteiger partial charge in [0.2, 0.25) is 6.29 Å². The highest BCUT2D eigenvalue weighted by Crippen LogP contribution is 2.35. The number of hydrogen-bond donors (Lipinski definition) is 7. The van der Waals surface area contributed by atoms with Gasteiger partial charge in [0.15, 0.2) is 16.9 Å². The normalized spacial score (nSPS) is 22.1. The van der Waals surface area contributed by atoms with E-state index in [0.29, 0.717) is 5.56 Å². The van der Waals surface area contributed by atoms with Crippen molar-refractivity contribution in [2.75, 3.05) is 6.61 Å². The maximum absolute atomic E-state index is 12.7. The third-order valence-corrected chi connectivity index (χ3v) is 6.66. The van der Waals surface area contributed by atoms with E-state index in [2.05, 4.69) is 0 Å². The molecule has 1 aliphatic heterocycles. The molecular formula is C30H26O13. The van der Waals surface area contributed by atoms with Crippen LogP contribution in [0.5, 0.6) is 28.7 Å². The molecule has 13 heteroatoms. The van der Waals surface area contributed by atoms with Gasteiger partial charge < -0.3 is 54.4 Å². The zero-order valence-electron chi connectivity index (χ0n) is 22.1. The molecule has 1 aromatic heterocycles. The van der Waals surface area contributed by atoms with E-state index in [9.17, 15) is 45.3 Å². The second-order valence-electron chi connectivity index (χ2n) is 9.68. The number of carbonyl (C=O) groups excluding carboxylic acids is 1. The Morgan fingerprint density at radius 3 is 2.30 bits per heavy atom. The van der Waals surface area contributed by atoms with E-state index >= 15 is 0 Å². The molecule has 1 fully saturated rings. The number of fused-ring (bicyclic) bond motifs is 1. The highest BCUT2D eigenvalue weighted by molar-refractivity contribution is 5.87. The number of rotatable bonds is 7. The number of phenolic OH excluding ortho intramolecular Hbond substituents is 4. The molecule has 0 radical (unpaired) electrons. The van der Waals surface area contributed by atoms with Crippen LogP contribution in [0.25, 0.3) is 28.4 Å². The first-order valence-electron chi connectivity index (χ1n) is 12.8. The van der Waals surface area contributed by atoms with Crippen LogP contribution in [0, 0.1) is 0 Å². The largest absolute Gasteiger partial charge is 0.508 e. The lowest BCUT2D eigenvalue weighted by Crippen LogP contribution is -2.60. The average Bonchev–Trinajstić information content (AvgIpc) is 2.97. The second-order valence-corrected chi connectivity index (χ2v) is 9.68. The minimum atomic E-state index is -1.77. The summed E-state index contributed by atoms with van der Waals surface area (Å²) in [6.07, 6.45) is -5.59. The predicted molar refractivity (Wildman–Crippen MR) is 148 cm³/mol. The van der Waals surface area contributed by atoms with Gasteiger partial charge in [0.25, 0.3) is 0 Å². The highest BCUT2D eigenvalue weighted by atomic mass is 16.7. The van der Waals surface area contributed by atoms with E-state index in [1.54, 1.807) is 12.1 Å². The van der Waals surface area contributed by atoms with Crippen LogP contribution >= 0.6 is 0 Å². The summed E-state index contributed by atoms with van der Waals surface area (Å²) in [5.41, 5.74) is 0.0978. The Morgan fingerprint density at radius 2 is 1.58 bits per heavy atom. The van der Waals surface area contributed by atoms with E-state index in [4.69, 9.17) is 18.6 Å². The standard InChI is InChI=1S/C30H26O13/c31-16-5-1-14(2-6-16)3-8-25(36)40-13-24-27(37)28(38)29(39)30(43-24)41-17-10-20(34)26-21(35)12-22(42-23(26)11-17)15-4-7-18(32)19(33)9-15/h1-12,24,27-34,37-39H,13H2/t24-,27-,28+,29-,30-/m1/s1. The number of phenols is 4. The Balaban J connectivity index is 1.32. The lowest BCUT2D eigenvalue weighted by Gasteiger charge is -2.39. The van der Waals surface area contributed by atoms with Crippen LogP contribution in [-0.2, 0) is 14.3 Å². The minimum Gasteiger partial charge on any atom is -0.508 e. The van der Waals surface area contributed by atoms with Gasteiger partial charge in [0, 0.05) is 29.8 Å². The van der Waals surface area contributed by atoms with Crippen LogP contribution in [0.2, 0.25) is 0 Å². The van der Waals surface area contributed by atoms with Crippen LogP contribution in [0.4, 0.5) is 0 Å². The first kappa shape index (κ1) is 29.4. The molecule has 0 saturated carbocycles. The van der Waals surface area contributed by atoms with Gasteiger partial charge in [-0.25, -0.2) is 4.79 Å². The average molecular weight is 595 g/mol. The first-order chi connectivity index (χ1) is 20.5. The SMILES string of the molecule is O=C(C=Cc1ccc(O)cc1)OC[C@H]1O[C@@H](Oc2cc(O)c3c(=O)cc(-c4ccc(O)c(O)c4)oc3c2)[C@H](O)[C@@H](O)[C@@H]1O. The Hall–Kier alpha value is -5.08. The molecule has 0 bridgehead atoms. The van der Waals surface area contributed by atoms with Crippen molar-refractivity contribution in [3.05, 3.63) is 82.5 Å². The van der Waals surface area contributed by atoms with E-state index in [0.717, 1.165) is 18.2 Å². The number of aromatic hydroxyl groups is 4. The van der Waals surface area contributed by atoms with Crippen molar-refractivity contribution in [3.8, 4) is 40.1 Å². The molecule has 0 amide bonds. The smallest absolute Gasteiger partial charge is 0.330 e. The van der Waals surface area contributed by atoms with Crippen molar-refractivity contribution >= 4 is 23.0 Å². The van der Waals surface area contributed by atoms with Crippen molar-refractivity contribution in [1.29, 1.82) is 0 Å². The van der Waals surface area contributed by atoms with Crippen molar-refractivity contribution in [1.82, 2.24) is 0 Å². The van der Waals surface area contributed by atoms with E-state index in [1.807, 2.05) is 0 Å². The maximum Gasteiger partial charge on any atom is 0.330 e. The molecule has 224 valence electrons. The fourth-order valence-corrected chi connectivity index (χ4v) is 4.38. The minimum absolute atomic E-state index is 0.00168. The number of benzene rings is 3. The van der Waals surface area contributed by atoms with Gasteiger partial charge in [0.05, 0.1) is 0 Å². The van der Waals surface area contributed by atoms with Crippen LogP contribution in [0.15, 0.2) is 76.0 Å². The fraction of sp³-hybridized carbons (Fsp3) is 0.200. The topological polar surface area (TPSA) is 217 Å². The van der Waals surface area contributed by atoms with Gasteiger partial charge in [-0.3, -0.25) is 4.79 Å². The lowest BCUT2D eigenvalue weighted by atomic mass is 9.99. The monoisotopic (exact) mass is 594 g/mol. The van der Waals surface area contributed by atoms with Crippen molar-refractivity contribution in [2.24, 2.45) is 0 Å². The van der Waals surface area contributed by atoms with Gasteiger partial charge in [-0.05, 0) is 42.0 Å². The van der Waals surface area contributed by atoms with Gasteiger partial charge in [-0.2, -0.15) is 0 Å². The molecular weight excluding hydrogens is 568 g/mol. The molecule has 2 heterocycles. The van der Waals surface area contributed by atoms with Gasteiger partial charge in [-0.15, -0.1) is 0 Å². The van der Waals surface area contributed by atoms with Crippen LogP contribution < -0.4 is 10.2 Å². The summed E-state index contributed by atoms with van der Waals surface area (Å²) in [4.78, 5) is 24.9. The fourth-order valence-electron chi connectivity index (χ4n) is 4.38. The number of carbonyl (C=O) groups is 1. The molecule has 0 spiro atoms. The summed E-state index contributed by atoms with van der Waals surface area (Å²) in [5, 5.41) is 70.3. The summed E-state index contributed by atoms with van der Waals surface area (Å²) >= 11 is 0. The predicted octanol–water partition coefficient (Wildman–Crippen LogP) is 1.73. The number of ether oxygens (including phenoxy) is 3. The second kappa shape index (κ2) is 12.0. The number of esters is 1. The first-order valence-corrected chi connectivity index (χ1v) is 12.8. The summed E-state index contributed by atoms with van der Waals surface area (Å²) in [6.45, 7) is -0.524. The summed E-state index contributed by atoms with van der Waals surface area (Å²) in [6, 6.07) is 13.2. The van der Waals surface area contributed by atoms with E-state index in [-0.39, 0.29) is 39.5 Å². The summed E-state index contributed by atoms with van der Waals surface area (Å²) < 4.78 is 22.1. The molecule has 43 heavy (non-hydrogen) atoms. The third-order valence-electron chi connectivity index (χ3n) is 6.66. The molecule has 1 aliphatic rings. The van der Waals surface area contributed by atoms with E-state index < -0.39 is 60.2 Å². The number of hydrogen-bond acceptors (Lipinski definition) is 13. The quantitative estimate of drug-likeness (QED) is 0.0923. The van der Waals surface area contributed by atoms with Crippen LogP contribution in [-0.4, -0.2) is 79.0 Å². The van der Waals surface area contributed by atoms with Gasteiger partial charge in [0.1, 0.15) is 65.0 Å². The molecule has 3 aromatic carbocycles. The molecule has 0 unspecified atom stereocenters. The molecule has 13 nitrogen and oxygen atoms in total. The van der Waals surface area contributed by atoms with Crippen molar-refractivity contribution in [2.45, 2.75) is 30.7 Å². The molecule has 0 aliphatic carbocycles. The van der Waals surface area contributed by atoms with Crippen LogP contribution in [0.1, 0.15) is 5.56 Å². The zero-order chi connectivity index (χ0) is 30.8. The molecule has 5 rings (SSSR count). The molecule has 5 atom stereocenters.